The van der Waals surface area contributed by atoms with Crippen molar-refractivity contribution < 1.29 is 0 Å². The molecule has 0 radical (unpaired) electrons. The van der Waals surface area contributed by atoms with E-state index in [2.05, 4.69) is 0 Å². The Kier molecular flexibility index (Phi) is 2.38. The van der Waals surface area contributed by atoms with Crippen molar-refractivity contribution in [2.75, 3.05) is 5.84 Å². The molecule has 0 amide bonds. The second-order valence-electron chi connectivity index (χ2n) is 4.16. The molecule has 0 saturated heterocycles. The van der Waals surface area contributed by atoms with Crippen LogP contribution in [0, 0.1) is 0 Å². The third kappa shape index (κ3) is 1.57. The van der Waals surface area contributed by atoms with Crippen LogP contribution in [-0.2, 0) is 0 Å². The van der Waals surface area contributed by atoms with Crippen molar-refractivity contribution in [2.45, 2.75) is 0 Å². The molecule has 88 valence electrons. The van der Waals surface area contributed by atoms with Crippen LogP contribution in [0.1, 0.15) is 0 Å². The molecule has 3 heteroatoms. The van der Waals surface area contributed by atoms with E-state index in [1.807, 2.05) is 54.6 Å². The highest BCUT2D eigenvalue weighted by Gasteiger charge is 2.07. The van der Waals surface area contributed by atoms with Crippen molar-refractivity contribution in [3.63, 3.8) is 0 Å². The van der Waals surface area contributed by atoms with Crippen molar-refractivity contribution in [1.29, 1.82) is 0 Å². The smallest absolute Gasteiger partial charge is 0.277 e. The third-order valence-corrected chi connectivity index (χ3v) is 3.03. The quantitative estimate of drug-likeness (QED) is 0.659. The zero-order valence-electron chi connectivity index (χ0n) is 9.71. The lowest BCUT2D eigenvalue weighted by atomic mass is 10.1. The van der Waals surface area contributed by atoms with Gasteiger partial charge in [0.25, 0.3) is 5.56 Å². The summed E-state index contributed by atoms with van der Waals surface area (Å²) in [6.07, 6.45) is 0. The Labute approximate surface area is 104 Å². The van der Waals surface area contributed by atoms with Gasteiger partial charge in [-0.3, -0.25) is 4.79 Å². The number of fused-ring (bicyclic) bond motifs is 1. The number of hydrogen-bond donors (Lipinski definition) is 1. The van der Waals surface area contributed by atoms with Gasteiger partial charge in [0.1, 0.15) is 0 Å². The molecule has 3 aromatic rings. The Morgan fingerprint density at radius 1 is 0.889 bits per heavy atom. The van der Waals surface area contributed by atoms with Gasteiger partial charge >= 0.3 is 0 Å². The summed E-state index contributed by atoms with van der Waals surface area (Å²) in [5.74, 6) is 5.88. The SMILES string of the molecule is Nn1c(-c2ccccc2)cc2ccccc2c1=O. The molecule has 0 bridgehead atoms. The van der Waals surface area contributed by atoms with E-state index in [0.717, 1.165) is 16.6 Å². The minimum absolute atomic E-state index is 0.174. The van der Waals surface area contributed by atoms with Crippen LogP contribution in [0.2, 0.25) is 0 Å². The van der Waals surface area contributed by atoms with Gasteiger partial charge in [0.2, 0.25) is 0 Å². The normalized spacial score (nSPS) is 10.7. The Morgan fingerprint density at radius 2 is 1.56 bits per heavy atom. The fourth-order valence-electron chi connectivity index (χ4n) is 2.10. The number of pyridine rings is 1. The number of rotatable bonds is 1. The number of nitrogen functional groups attached to an aromatic ring is 1. The largest absolute Gasteiger partial charge is 0.336 e. The number of aromatic nitrogens is 1. The first-order valence-corrected chi connectivity index (χ1v) is 5.72. The zero-order valence-corrected chi connectivity index (χ0v) is 9.71. The molecule has 0 unspecified atom stereocenters. The fraction of sp³-hybridized carbons (Fsp3) is 0. The van der Waals surface area contributed by atoms with E-state index in [4.69, 9.17) is 5.84 Å². The fourth-order valence-corrected chi connectivity index (χ4v) is 2.10. The Morgan fingerprint density at radius 3 is 2.33 bits per heavy atom. The van der Waals surface area contributed by atoms with E-state index in [-0.39, 0.29) is 5.56 Å². The Bertz CT molecular complexity index is 760. The summed E-state index contributed by atoms with van der Waals surface area (Å²) >= 11 is 0. The first-order chi connectivity index (χ1) is 8.77. The van der Waals surface area contributed by atoms with Crippen LogP contribution in [0.15, 0.2) is 65.5 Å². The van der Waals surface area contributed by atoms with E-state index >= 15 is 0 Å². The molecule has 0 fully saturated rings. The topological polar surface area (TPSA) is 48.0 Å². The summed E-state index contributed by atoms with van der Waals surface area (Å²) in [6.45, 7) is 0. The number of nitrogens with two attached hydrogens (primary N) is 1. The second-order valence-corrected chi connectivity index (χ2v) is 4.16. The molecular weight excluding hydrogens is 224 g/mol. The maximum atomic E-state index is 12.2. The van der Waals surface area contributed by atoms with Gasteiger partial charge in [0, 0.05) is 10.9 Å². The molecule has 0 atom stereocenters. The van der Waals surface area contributed by atoms with Crippen LogP contribution in [0.5, 0.6) is 0 Å². The van der Waals surface area contributed by atoms with Crippen LogP contribution in [0.3, 0.4) is 0 Å². The predicted molar refractivity (Wildman–Crippen MR) is 73.8 cm³/mol. The standard InChI is InChI=1S/C15H12N2O/c16-17-14(11-6-2-1-3-7-11)10-12-8-4-5-9-13(12)15(17)18/h1-10H,16H2. The first kappa shape index (κ1) is 10.6. The highest BCUT2D eigenvalue weighted by molar-refractivity contribution is 5.85. The molecule has 2 N–H and O–H groups in total. The highest BCUT2D eigenvalue weighted by Crippen LogP contribution is 2.20. The molecule has 0 spiro atoms. The van der Waals surface area contributed by atoms with E-state index in [1.165, 1.54) is 4.68 Å². The Balaban J connectivity index is 2.38. The van der Waals surface area contributed by atoms with E-state index in [1.54, 1.807) is 6.07 Å². The van der Waals surface area contributed by atoms with Crippen molar-refractivity contribution in [1.82, 2.24) is 4.68 Å². The monoisotopic (exact) mass is 236 g/mol. The van der Waals surface area contributed by atoms with Gasteiger partial charge in [0.05, 0.1) is 5.69 Å². The van der Waals surface area contributed by atoms with Crippen molar-refractivity contribution >= 4 is 10.8 Å². The molecule has 0 aliphatic carbocycles. The summed E-state index contributed by atoms with van der Waals surface area (Å²) in [6, 6.07) is 19.1. The van der Waals surface area contributed by atoms with Crippen LogP contribution in [0.4, 0.5) is 0 Å². The molecule has 0 saturated carbocycles. The minimum Gasteiger partial charge on any atom is -0.336 e. The van der Waals surface area contributed by atoms with E-state index in [0.29, 0.717) is 5.39 Å². The lowest BCUT2D eigenvalue weighted by Gasteiger charge is -2.09. The van der Waals surface area contributed by atoms with Crippen molar-refractivity contribution in [3.8, 4) is 11.3 Å². The average molecular weight is 236 g/mol. The molecule has 1 aromatic heterocycles. The maximum absolute atomic E-state index is 12.2. The molecule has 0 aliphatic heterocycles. The van der Waals surface area contributed by atoms with E-state index < -0.39 is 0 Å². The van der Waals surface area contributed by atoms with Crippen molar-refractivity contribution in [3.05, 3.63) is 71.0 Å². The zero-order chi connectivity index (χ0) is 12.5. The summed E-state index contributed by atoms with van der Waals surface area (Å²) in [7, 11) is 0. The third-order valence-electron chi connectivity index (χ3n) is 3.03. The average Bonchev–Trinajstić information content (AvgIpc) is 2.44. The van der Waals surface area contributed by atoms with Gasteiger partial charge in [-0.2, -0.15) is 0 Å². The summed E-state index contributed by atoms with van der Waals surface area (Å²) in [5, 5.41) is 1.54. The first-order valence-electron chi connectivity index (χ1n) is 5.72. The molecule has 2 aromatic carbocycles. The Hall–Kier alpha value is -2.55. The molecule has 18 heavy (non-hydrogen) atoms. The van der Waals surface area contributed by atoms with Crippen LogP contribution >= 0.6 is 0 Å². The summed E-state index contributed by atoms with van der Waals surface area (Å²) < 4.78 is 1.21. The van der Waals surface area contributed by atoms with Gasteiger partial charge in [0.15, 0.2) is 0 Å². The lowest BCUT2D eigenvalue weighted by Crippen LogP contribution is -2.28. The number of hydrogen-bond acceptors (Lipinski definition) is 2. The summed E-state index contributed by atoms with van der Waals surface area (Å²) in [4.78, 5) is 12.2. The van der Waals surface area contributed by atoms with Gasteiger partial charge < -0.3 is 5.84 Å². The number of nitrogens with zero attached hydrogens (tertiary/aromatic N) is 1. The van der Waals surface area contributed by atoms with Crippen LogP contribution < -0.4 is 11.4 Å². The predicted octanol–water partition coefficient (Wildman–Crippen LogP) is 2.38. The van der Waals surface area contributed by atoms with Gasteiger partial charge in [-0.1, -0.05) is 48.5 Å². The summed E-state index contributed by atoms with van der Waals surface area (Å²) in [5.41, 5.74) is 1.48. The molecule has 3 nitrogen and oxygen atoms in total. The van der Waals surface area contributed by atoms with Gasteiger partial charge in [-0.25, -0.2) is 4.68 Å². The maximum Gasteiger partial charge on any atom is 0.277 e. The van der Waals surface area contributed by atoms with Gasteiger partial charge in [-0.05, 0) is 17.5 Å². The van der Waals surface area contributed by atoms with Gasteiger partial charge in [-0.15, -0.1) is 0 Å². The minimum atomic E-state index is -0.174. The van der Waals surface area contributed by atoms with E-state index in [9.17, 15) is 4.79 Å². The van der Waals surface area contributed by atoms with Crippen molar-refractivity contribution in [2.24, 2.45) is 0 Å². The second kappa shape index (κ2) is 4.04. The highest BCUT2D eigenvalue weighted by atomic mass is 16.1. The molecule has 3 rings (SSSR count). The molecular formula is C15H12N2O. The van der Waals surface area contributed by atoms with Crippen LogP contribution in [-0.4, -0.2) is 4.68 Å². The molecule has 0 aliphatic rings. The molecule has 1 heterocycles. The lowest BCUT2D eigenvalue weighted by molar-refractivity contribution is 0.963. The van der Waals surface area contributed by atoms with Crippen LogP contribution in [0.25, 0.3) is 22.0 Å². The number of benzene rings is 2.